The van der Waals surface area contributed by atoms with Gasteiger partial charge in [-0.2, -0.15) is 13.2 Å². The van der Waals surface area contributed by atoms with E-state index in [1.165, 1.54) is 0 Å². The van der Waals surface area contributed by atoms with Crippen molar-refractivity contribution in [1.29, 1.82) is 0 Å². The van der Waals surface area contributed by atoms with E-state index in [4.69, 9.17) is 9.90 Å². The first-order chi connectivity index (χ1) is 6.40. The standard InChI is InChI=1S/C5H8F3NO2.CH3NO2/c1-4(2,5(6,7)8)11-3(9)10;2-1(3)4/h1-2H3,(H2,9,10);2H2,(H,3,4). The van der Waals surface area contributed by atoms with Crippen molar-refractivity contribution in [3.63, 3.8) is 0 Å². The lowest BCUT2D eigenvalue weighted by molar-refractivity contribution is -0.243. The van der Waals surface area contributed by atoms with E-state index in [9.17, 15) is 18.0 Å². The highest BCUT2D eigenvalue weighted by atomic mass is 19.4. The van der Waals surface area contributed by atoms with Crippen molar-refractivity contribution in [2.45, 2.75) is 25.6 Å². The monoisotopic (exact) mass is 232 g/mol. The van der Waals surface area contributed by atoms with Crippen LogP contribution in [0.25, 0.3) is 0 Å². The molecule has 90 valence electrons. The van der Waals surface area contributed by atoms with E-state index in [0.717, 1.165) is 13.8 Å². The minimum absolute atomic E-state index is 0.720. The number of rotatable bonds is 1. The second-order valence-electron chi connectivity index (χ2n) is 2.77. The van der Waals surface area contributed by atoms with Gasteiger partial charge in [0.15, 0.2) is 0 Å². The van der Waals surface area contributed by atoms with Crippen molar-refractivity contribution >= 4 is 12.2 Å². The van der Waals surface area contributed by atoms with Crippen LogP contribution in [0.3, 0.4) is 0 Å². The largest absolute Gasteiger partial charge is 0.465 e. The molecule has 2 amide bonds. The smallest absolute Gasteiger partial charge is 0.427 e. The van der Waals surface area contributed by atoms with Crippen LogP contribution in [0.5, 0.6) is 0 Å². The maximum Gasteiger partial charge on any atom is 0.427 e. The summed E-state index contributed by atoms with van der Waals surface area (Å²) in [6, 6.07) is 0. The number of halogens is 3. The summed E-state index contributed by atoms with van der Waals surface area (Å²) < 4.78 is 39.4. The Morgan fingerprint density at radius 1 is 1.20 bits per heavy atom. The molecular formula is C6H11F3N2O4. The number of carbonyl (C=O) groups is 2. The van der Waals surface area contributed by atoms with Crippen LogP contribution < -0.4 is 11.5 Å². The second kappa shape index (κ2) is 5.27. The normalized spacial score (nSPS) is 11.0. The summed E-state index contributed by atoms with van der Waals surface area (Å²) in [5.41, 5.74) is 5.93. The van der Waals surface area contributed by atoms with Gasteiger partial charge < -0.3 is 21.3 Å². The average Bonchev–Trinajstić information content (AvgIpc) is 1.78. The van der Waals surface area contributed by atoms with Crippen molar-refractivity contribution in [3.05, 3.63) is 0 Å². The van der Waals surface area contributed by atoms with Gasteiger partial charge in [0.2, 0.25) is 5.60 Å². The zero-order valence-electron chi connectivity index (χ0n) is 7.96. The van der Waals surface area contributed by atoms with E-state index in [0.29, 0.717) is 0 Å². The summed E-state index contributed by atoms with van der Waals surface area (Å²) in [6.45, 7) is 1.44. The number of alkyl halides is 3. The molecule has 9 heteroatoms. The second-order valence-corrected chi connectivity index (χ2v) is 2.77. The molecular weight excluding hydrogens is 221 g/mol. The van der Waals surface area contributed by atoms with Crippen molar-refractivity contribution in [2.24, 2.45) is 11.5 Å². The predicted octanol–water partition coefficient (Wildman–Crippen LogP) is 1.05. The van der Waals surface area contributed by atoms with Crippen molar-refractivity contribution < 1.29 is 32.6 Å². The fourth-order valence-corrected chi connectivity index (χ4v) is 0.309. The van der Waals surface area contributed by atoms with E-state index in [-0.39, 0.29) is 0 Å². The molecule has 0 atom stereocenters. The highest BCUT2D eigenvalue weighted by Gasteiger charge is 2.50. The molecule has 0 heterocycles. The summed E-state index contributed by atoms with van der Waals surface area (Å²) in [7, 11) is 0. The lowest BCUT2D eigenvalue weighted by atomic mass is 10.1. The van der Waals surface area contributed by atoms with Crippen LogP contribution in [0.4, 0.5) is 22.8 Å². The zero-order chi connectivity index (χ0) is 12.9. The molecule has 0 fully saturated rings. The minimum atomic E-state index is -4.60. The van der Waals surface area contributed by atoms with Crippen LogP contribution >= 0.6 is 0 Å². The SMILES string of the molecule is CC(C)(OC(N)=O)C(F)(F)F.NC(=O)O. The molecule has 0 aliphatic carbocycles. The molecule has 0 aromatic carbocycles. The van der Waals surface area contributed by atoms with Gasteiger partial charge in [0.1, 0.15) is 0 Å². The summed E-state index contributed by atoms with van der Waals surface area (Å²) >= 11 is 0. The van der Waals surface area contributed by atoms with Gasteiger partial charge >= 0.3 is 18.4 Å². The van der Waals surface area contributed by atoms with Gasteiger partial charge in [0.05, 0.1) is 0 Å². The fourth-order valence-electron chi connectivity index (χ4n) is 0.309. The molecule has 0 rings (SSSR count). The van der Waals surface area contributed by atoms with Crippen molar-refractivity contribution in [1.82, 2.24) is 0 Å². The highest BCUT2D eigenvalue weighted by Crippen LogP contribution is 2.32. The summed E-state index contributed by atoms with van der Waals surface area (Å²) in [5, 5.41) is 7.19. The van der Waals surface area contributed by atoms with E-state index in [1.54, 1.807) is 0 Å². The third-order valence-electron chi connectivity index (χ3n) is 1.04. The fraction of sp³-hybridized carbons (Fsp3) is 0.667. The number of ether oxygens (including phenoxy) is 1. The Bertz CT molecular complexity index is 235. The Balaban J connectivity index is 0. The number of carbonyl (C=O) groups excluding carboxylic acids is 1. The van der Waals surface area contributed by atoms with Crippen LogP contribution in [-0.4, -0.2) is 29.1 Å². The topological polar surface area (TPSA) is 116 Å². The quantitative estimate of drug-likeness (QED) is 0.626. The average molecular weight is 232 g/mol. The van der Waals surface area contributed by atoms with Crippen LogP contribution in [0.15, 0.2) is 0 Å². The molecule has 0 aromatic heterocycles. The molecule has 0 unspecified atom stereocenters. The van der Waals surface area contributed by atoms with Gasteiger partial charge in [0, 0.05) is 0 Å². The van der Waals surface area contributed by atoms with Gasteiger partial charge in [-0.3, -0.25) is 0 Å². The van der Waals surface area contributed by atoms with Gasteiger partial charge in [-0.05, 0) is 13.8 Å². The van der Waals surface area contributed by atoms with Crippen LogP contribution in [0.1, 0.15) is 13.8 Å². The number of carboxylic acid groups (broad SMARTS) is 1. The van der Waals surface area contributed by atoms with Crippen LogP contribution in [0, 0.1) is 0 Å². The van der Waals surface area contributed by atoms with Gasteiger partial charge in [-0.15, -0.1) is 0 Å². The Morgan fingerprint density at radius 3 is 1.53 bits per heavy atom. The zero-order valence-corrected chi connectivity index (χ0v) is 7.96. The molecule has 0 aliphatic rings. The van der Waals surface area contributed by atoms with E-state index < -0.39 is 24.0 Å². The number of primary amides is 2. The van der Waals surface area contributed by atoms with E-state index in [2.05, 4.69) is 16.2 Å². The molecule has 6 nitrogen and oxygen atoms in total. The summed E-state index contributed by atoms with van der Waals surface area (Å²) in [5.74, 6) is 0. The third-order valence-corrected chi connectivity index (χ3v) is 1.04. The molecule has 0 aliphatic heterocycles. The van der Waals surface area contributed by atoms with Gasteiger partial charge in [-0.25, -0.2) is 9.59 Å². The predicted molar refractivity (Wildman–Crippen MR) is 43.0 cm³/mol. The van der Waals surface area contributed by atoms with Gasteiger partial charge in [0.25, 0.3) is 0 Å². The number of amides is 2. The maximum atomic E-state index is 11.9. The van der Waals surface area contributed by atoms with E-state index in [1.807, 2.05) is 0 Å². The van der Waals surface area contributed by atoms with Crippen LogP contribution in [0.2, 0.25) is 0 Å². The summed E-state index contributed by atoms with van der Waals surface area (Å²) in [4.78, 5) is 18.7. The number of hydrogen-bond donors (Lipinski definition) is 3. The first-order valence-electron chi connectivity index (χ1n) is 3.43. The first-order valence-corrected chi connectivity index (χ1v) is 3.43. The number of nitrogens with two attached hydrogens (primary N) is 2. The molecule has 0 saturated heterocycles. The summed E-state index contributed by atoms with van der Waals surface area (Å²) in [6.07, 6.45) is -7.37. The highest BCUT2D eigenvalue weighted by molar-refractivity contribution is 5.65. The third kappa shape index (κ3) is 8.65. The number of hydrogen-bond acceptors (Lipinski definition) is 3. The van der Waals surface area contributed by atoms with Crippen molar-refractivity contribution in [2.75, 3.05) is 0 Å². The Labute approximate surface area is 83.0 Å². The Kier molecular flexibility index (Phi) is 5.55. The molecule has 0 bridgehead atoms. The maximum absolute atomic E-state index is 11.9. The minimum Gasteiger partial charge on any atom is -0.465 e. The lowest BCUT2D eigenvalue weighted by Gasteiger charge is -2.26. The van der Waals surface area contributed by atoms with Crippen LogP contribution in [-0.2, 0) is 4.74 Å². The lowest BCUT2D eigenvalue weighted by Crippen LogP contribution is -2.44. The molecule has 0 radical (unpaired) electrons. The molecule has 5 N–H and O–H groups in total. The van der Waals surface area contributed by atoms with Crippen molar-refractivity contribution in [3.8, 4) is 0 Å². The Morgan fingerprint density at radius 2 is 1.47 bits per heavy atom. The molecule has 15 heavy (non-hydrogen) atoms. The Hall–Kier alpha value is -1.67. The molecule has 0 saturated carbocycles. The molecule has 0 spiro atoms. The van der Waals surface area contributed by atoms with E-state index >= 15 is 0 Å². The molecule has 0 aromatic rings. The first kappa shape index (κ1) is 15.8. The van der Waals surface area contributed by atoms with Gasteiger partial charge in [-0.1, -0.05) is 0 Å².